The molecule has 0 bridgehead atoms. The van der Waals surface area contributed by atoms with E-state index in [4.69, 9.17) is 21.1 Å². The Morgan fingerprint density at radius 1 is 1.19 bits per heavy atom. The average Bonchev–Trinajstić information content (AvgIpc) is 3.22. The van der Waals surface area contributed by atoms with Gasteiger partial charge in [-0.25, -0.2) is 0 Å². The highest BCUT2D eigenvalue weighted by Crippen LogP contribution is 2.38. The molecular formula is C29H37ClN4O2. The number of nitrogens with zero attached hydrogens (tertiary/aromatic N) is 2. The Morgan fingerprint density at radius 2 is 2.06 bits per heavy atom. The van der Waals surface area contributed by atoms with E-state index in [9.17, 15) is 5.41 Å². The number of nitrogens with one attached hydrogen (secondary N) is 2. The molecule has 192 valence electrons. The molecule has 1 aromatic heterocycles. The summed E-state index contributed by atoms with van der Waals surface area (Å²) in [5, 5.41) is 11.1. The molecule has 0 radical (unpaired) electrons. The minimum Gasteiger partial charge on any atom is -0.489 e. The van der Waals surface area contributed by atoms with Crippen molar-refractivity contribution >= 4 is 28.3 Å². The van der Waals surface area contributed by atoms with Crippen molar-refractivity contribution in [3.8, 4) is 11.5 Å². The number of fused-ring (bicyclic) bond motifs is 2. The number of H-pyrrole nitrogens is 1. The van der Waals surface area contributed by atoms with Gasteiger partial charge in [0.15, 0.2) is 11.5 Å². The zero-order valence-corrected chi connectivity index (χ0v) is 22.1. The van der Waals surface area contributed by atoms with E-state index in [-0.39, 0.29) is 5.92 Å². The van der Waals surface area contributed by atoms with Crippen molar-refractivity contribution in [2.45, 2.75) is 46.2 Å². The minimum atomic E-state index is 0.221. The third-order valence-corrected chi connectivity index (χ3v) is 7.41. The Bertz CT molecular complexity index is 1210. The molecule has 0 saturated carbocycles. The lowest BCUT2D eigenvalue weighted by atomic mass is 9.94. The van der Waals surface area contributed by atoms with E-state index < -0.39 is 0 Å². The van der Waals surface area contributed by atoms with Gasteiger partial charge >= 0.3 is 0 Å². The summed E-state index contributed by atoms with van der Waals surface area (Å²) in [4.78, 5) is 8.08. The van der Waals surface area contributed by atoms with Crippen molar-refractivity contribution in [3.63, 3.8) is 0 Å². The zero-order chi connectivity index (χ0) is 25.1. The molecule has 2 N–H and O–H groups in total. The third kappa shape index (κ3) is 5.65. The maximum atomic E-state index is 9.24. The first kappa shape index (κ1) is 25.0. The average molecular weight is 509 g/mol. The summed E-state index contributed by atoms with van der Waals surface area (Å²) in [7, 11) is 0. The second-order valence-corrected chi connectivity index (χ2v) is 11.0. The molecule has 0 unspecified atom stereocenters. The fourth-order valence-corrected chi connectivity index (χ4v) is 5.78. The van der Waals surface area contributed by atoms with Gasteiger partial charge in [0.1, 0.15) is 5.84 Å². The number of ether oxygens (including phenoxy) is 2. The number of benzene rings is 2. The molecule has 6 nitrogen and oxygen atoms in total. The topological polar surface area (TPSA) is 64.6 Å². The first-order chi connectivity index (χ1) is 17.5. The van der Waals surface area contributed by atoms with E-state index in [0.717, 1.165) is 56.8 Å². The SMILES string of the molecule is CC(C)CN(Cc1cc(Cl)c2c(c1)OCCCO2)C(=N)[C@@H]1CCCN(Cc2cccc3[nH]ccc23)C1. The van der Waals surface area contributed by atoms with E-state index in [2.05, 4.69) is 52.9 Å². The Hall–Kier alpha value is -2.70. The molecule has 2 aromatic carbocycles. The van der Waals surface area contributed by atoms with Crippen LogP contribution in [-0.2, 0) is 13.1 Å². The molecule has 1 atom stereocenters. The summed E-state index contributed by atoms with van der Waals surface area (Å²) in [5.74, 6) is 2.76. The number of amidine groups is 1. The fourth-order valence-electron chi connectivity index (χ4n) is 5.49. The molecule has 7 heteroatoms. The van der Waals surface area contributed by atoms with Gasteiger partial charge in [-0.3, -0.25) is 10.3 Å². The highest BCUT2D eigenvalue weighted by atomic mass is 35.5. The number of aromatic amines is 1. The molecule has 1 saturated heterocycles. The lowest BCUT2D eigenvalue weighted by Crippen LogP contribution is -2.45. The van der Waals surface area contributed by atoms with E-state index in [1.165, 1.54) is 16.5 Å². The van der Waals surface area contributed by atoms with Crippen LogP contribution in [0.3, 0.4) is 0 Å². The molecule has 0 aliphatic carbocycles. The highest BCUT2D eigenvalue weighted by Gasteiger charge is 2.28. The molecule has 2 aliphatic heterocycles. The van der Waals surface area contributed by atoms with E-state index in [0.29, 0.717) is 42.2 Å². The van der Waals surface area contributed by atoms with Crippen molar-refractivity contribution in [1.82, 2.24) is 14.8 Å². The van der Waals surface area contributed by atoms with Gasteiger partial charge in [0, 0.05) is 55.6 Å². The maximum absolute atomic E-state index is 9.24. The van der Waals surface area contributed by atoms with Crippen molar-refractivity contribution < 1.29 is 9.47 Å². The van der Waals surface area contributed by atoms with Crippen molar-refractivity contribution in [1.29, 1.82) is 5.41 Å². The maximum Gasteiger partial charge on any atom is 0.179 e. The molecule has 0 amide bonds. The monoisotopic (exact) mass is 508 g/mol. The summed E-state index contributed by atoms with van der Waals surface area (Å²) in [6.07, 6.45) is 5.03. The number of hydrogen-bond acceptors (Lipinski definition) is 4. The Morgan fingerprint density at radius 3 is 2.92 bits per heavy atom. The summed E-state index contributed by atoms with van der Waals surface area (Å²) >= 11 is 6.58. The lowest BCUT2D eigenvalue weighted by Gasteiger charge is -2.37. The molecule has 3 aromatic rings. The lowest BCUT2D eigenvalue weighted by molar-refractivity contribution is 0.186. The quantitative estimate of drug-likeness (QED) is 0.289. The summed E-state index contributed by atoms with van der Waals surface area (Å²) in [6, 6.07) is 12.7. The number of hydrogen-bond donors (Lipinski definition) is 2. The number of aromatic nitrogens is 1. The normalized spacial score (nSPS) is 18.4. The fraction of sp³-hybridized carbons (Fsp3) is 0.483. The van der Waals surface area contributed by atoms with Gasteiger partial charge in [0.25, 0.3) is 0 Å². The summed E-state index contributed by atoms with van der Waals surface area (Å²) in [6.45, 7) is 10.1. The molecule has 3 heterocycles. The van der Waals surface area contributed by atoms with Crippen molar-refractivity contribution in [2.24, 2.45) is 11.8 Å². The highest BCUT2D eigenvalue weighted by molar-refractivity contribution is 6.32. The van der Waals surface area contributed by atoms with Crippen LogP contribution in [0.2, 0.25) is 5.02 Å². The zero-order valence-electron chi connectivity index (χ0n) is 21.4. The van der Waals surface area contributed by atoms with Crippen molar-refractivity contribution in [2.75, 3.05) is 32.8 Å². The Labute approximate surface area is 219 Å². The van der Waals surface area contributed by atoms with Crippen LogP contribution in [-0.4, -0.2) is 53.5 Å². The Balaban J connectivity index is 1.30. The van der Waals surface area contributed by atoms with Crippen LogP contribution in [0.25, 0.3) is 10.9 Å². The second-order valence-electron chi connectivity index (χ2n) is 10.5. The second kappa shape index (κ2) is 11.1. The van der Waals surface area contributed by atoms with Crippen LogP contribution in [0, 0.1) is 17.2 Å². The van der Waals surface area contributed by atoms with Gasteiger partial charge in [-0.15, -0.1) is 0 Å². The molecule has 36 heavy (non-hydrogen) atoms. The molecule has 1 fully saturated rings. The van der Waals surface area contributed by atoms with Crippen LogP contribution in [0.1, 0.15) is 44.2 Å². The summed E-state index contributed by atoms with van der Waals surface area (Å²) in [5.41, 5.74) is 3.59. The molecule has 2 aliphatic rings. The van der Waals surface area contributed by atoms with E-state index >= 15 is 0 Å². The first-order valence-corrected chi connectivity index (χ1v) is 13.5. The third-order valence-electron chi connectivity index (χ3n) is 7.13. The number of piperidine rings is 1. The van der Waals surface area contributed by atoms with Gasteiger partial charge in [-0.1, -0.05) is 37.6 Å². The Kier molecular flexibility index (Phi) is 7.73. The van der Waals surface area contributed by atoms with Crippen LogP contribution in [0.4, 0.5) is 0 Å². The van der Waals surface area contributed by atoms with Crippen molar-refractivity contribution in [3.05, 3.63) is 58.7 Å². The van der Waals surface area contributed by atoms with Crippen LogP contribution in [0.15, 0.2) is 42.6 Å². The molecule has 5 rings (SSSR count). The van der Waals surface area contributed by atoms with Gasteiger partial charge in [-0.05, 0) is 60.7 Å². The van der Waals surface area contributed by atoms with Gasteiger partial charge in [-0.2, -0.15) is 0 Å². The van der Waals surface area contributed by atoms with E-state index in [1.54, 1.807) is 0 Å². The number of halogens is 1. The molecule has 0 spiro atoms. The van der Waals surface area contributed by atoms with Crippen LogP contribution < -0.4 is 9.47 Å². The van der Waals surface area contributed by atoms with E-state index in [1.807, 2.05) is 18.3 Å². The number of likely N-dealkylation sites (tertiary alicyclic amines) is 1. The predicted octanol–water partition coefficient (Wildman–Crippen LogP) is 6.33. The minimum absolute atomic E-state index is 0.221. The van der Waals surface area contributed by atoms with Gasteiger partial charge in [0.2, 0.25) is 0 Å². The summed E-state index contributed by atoms with van der Waals surface area (Å²) < 4.78 is 11.7. The number of rotatable bonds is 7. The first-order valence-electron chi connectivity index (χ1n) is 13.2. The predicted molar refractivity (Wildman–Crippen MR) is 146 cm³/mol. The van der Waals surface area contributed by atoms with Crippen LogP contribution >= 0.6 is 11.6 Å². The standard InChI is InChI=1S/C29H37ClN4O2/c1-20(2)16-34(17-21-14-25(30)28-27(15-21)35-12-5-13-36-28)29(31)23-7-4-11-33(19-23)18-22-6-3-8-26-24(22)9-10-32-26/h3,6,8-10,14-15,20,23,31-32H,4-5,7,11-13,16-19H2,1-2H3/t23-/m1/s1. The van der Waals surface area contributed by atoms with Gasteiger partial charge < -0.3 is 19.4 Å². The largest absolute Gasteiger partial charge is 0.489 e. The van der Waals surface area contributed by atoms with Gasteiger partial charge in [0.05, 0.1) is 18.2 Å². The smallest absolute Gasteiger partial charge is 0.179 e. The molecular weight excluding hydrogens is 472 g/mol. The van der Waals surface area contributed by atoms with Crippen LogP contribution in [0.5, 0.6) is 11.5 Å².